The van der Waals surface area contributed by atoms with Gasteiger partial charge in [-0.25, -0.2) is 8.42 Å². The molecule has 0 radical (unpaired) electrons. The van der Waals surface area contributed by atoms with Crippen molar-refractivity contribution in [2.45, 2.75) is 65.6 Å². The third-order valence-corrected chi connectivity index (χ3v) is 6.68. The zero-order chi connectivity index (χ0) is 25.3. The number of hydrogen-bond acceptors (Lipinski definition) is 4. The molecule has 34 heavy (non-hydrogen) atoms. The Morgan fingerprint density at radius 2 is 1.62 bits per heavy atom. The number of nitrogens with one attached hydrogen (secondary N) is 1. The predicted molar refractivity (Wildman–Crippen MR) is 137 cm³/mol. The minimum absolute atomic E-state index is 0.0342. The molecule has 2 aromatic rings. The molecule has 0 aromatic heterocycles. The van der Waals surface area contributed by atoms with Crippen molar-refractivity contribution < 1.29 is 18.0 Å². The van der Waals surface area contributed by atoms with Gasteiger partial charge in [-0.3, -0.25) is 13.9 Å². The van der Waals surface area contributed by atoms with Gasteiger partial charge in [0.05, 0.1) is 11.9 Å². The lowest BCUT2D eigenvalue weighted by Crippen LogP contribution is -2.50. The second-order valence-corrected chi connectivity index (χ2v) is 10.8. The van der Waals surface area contributed by atoms with Gasteiger partial charge in [0.2, 0.25) is 21.8 Å². The molecule has 0 aliphatic carbocycles. The minimum atomic E-state index is -3.50. The summed E-state index contributed by atoms with van der Waals surface area (Å²) in [5.41, 5.74) is 2.54. The molecule has 2 amide bonds. The Labute approximate surface area is 204 Å². The molecule has 0 aliphatic heterocycles. The van der Waals surface area contributed by atoms with E-state index in [1.165, 1.54) is 10.6 Å². The molecule has 0 saturated heterocycles. The summed E-state index contributed by atoms with van der Waals surface area (Å²) < 4.78 is 26.1. The topological polar surface area (TPSA) is 86.8 Å². The Morgan fingerprint density at radius 3 is 2.15 bits per heavy atom. The van der Waals surface area contributed by atoms with E-state index in [4.69, 9.17) is 0 Å². The van der Waals surface area contributed by atoms with Gasteiger partial charge in [0, 0.05) is 25.6 Å². The van der Waals surface area contributed by atoms with Crippen LogP contribution in [0.3, 0.4) is 0 Å². The van der Waals surface area contributed by atoms with E-state index in [1.807, 2.05) is 70.2 Å². The van der Waals surface area contributed by atoms with E-state index in [0.29, 0.717) is 25.1 Å². The van der Waals surface area contributed by atoms with Gasteiger partial charge in [0.1, 0.15) is 6.04 Å². The number of sulfonamides is 1. The average Bonchev–Trinajstić information content (AvgIpc) is 2.76. The van der Waals surface area contributed by atoms with Crippen LogP contribution in [-0.4, -0.2) is 50.0 Å². The van der Waals surface area contributed by atoms with Crippen molar-refractivity contribution in [3.63, 3.8) is 0 Å². The molecule has 0 saturated carbocycles. The highest BCUT2D eigenvalue weighted by Gasteiger charge is 2.29. The molecule has 0 heterocycles. The number of anilines is 1. The van der Waals surface area contributed by atoms with Crippen LogP contribution in [0.1, 0.15) is 51.2 Å². The fourth-order valence-electron chi connectivity index (χ4n) is 3.80. The Hall–Kier alpha value is -2.87. The van der Waals surface area contributed by atoms with Crippen LogP contribution >= 0.6 is 0 Å². The largest absolute Gasteiger partial charge is 0.352 e. The summed E-state index contributed by atoms with van der Waals surface area (Å²) in [6.07, 6.45) is 2.12. The third kappa shape index (κ3) is 8.17. The molecule has 2 rings (SSSR count). The maximum atomic E-state index is 13.3. The third-order valence-electron chi connectivity index (χ3n) is 5.49. The summed E-state index contributed by atoms with van der Waals surface area (Å²) in [7, 11) is -3.50. The minimum Gasteiger partial charge on any atom is -0.352 e. The van der Waals surface area contributed by atoms with E-state index in [1.54, 1.807) is 17.0 Å². The fourth-order valence-corrected chi connectivity index (χ4v) is 4.76. The van der Waals surface area contributed by atoms with Crippen LogP contribution in [0.4, 0.5) is 5.69 Å². The number of aryl methyl sites for hydroxylation is 1. The lowest BCUT2D eigenvalue weighted by atomic mass is 10.1. The van der Waals surface area contributed by atoms with Crippen molar-refractivity contribution in [1.29, 1.82) is 0 Å². The first-order valence-electron chi connectivity index (χ1n) is 11.7. The zero-order valence-electron chi connectivity index (χ0n) is 20.8. The summed E-state index contributed by atoms with van der Waals surface area (Å²) in [4.78, 5) is 27.8. The predicted octanol–water partition coefficient (Wildman–Crippen LogP) is 3.87. The van der Waals surface area contributed by atoms with Crippen LogP contribution in [0.15, 0.2) is 54.6 Å². The van der Waals surface area contributed by atoms with Gasteiger partial charge in [-0.05, 0) is 51.3 Å². The van der Waals surface area contributed by atoms with Gasteiger partial charge in [0.25, 0.3) is 0 Å². The normalized spacial score (nSPS) is 12.3. The van der Waals surface area contributed by atoms with Crippen molar-refractivity contribution >= 4 is 27.5 Å². The molecule has 0 spiro atoms. The molecule has 8 heteroatoms. The highest BCUT2D eigenvalue weighted by atomic mass is 32.2. The number of nitrogens with zero attached hydrogens (tertiary/aromatic N) is 2. The molecule has 186 valence electrons. The molecule has 1 N–H and O–H groups in total. The quantitative estimate of drug-likeness (QED) is 0.492. The van der Waals surface area contributed by atoms with Crippen molar-refractivity contribution in [3.8, 4) is 0 Å². The maximum absolute atomic E-state index is 13.3. The SMILES string of the molecule is CC[C@H](C(=O)NC(C)C)N(Cc1ccccc1)C(=O)CCCN(c1ccc(C)cc1)S(C)(=O)=O. The smallest absolute Gasteiger partial charge is 0.243 e. The van der Waals surface area contributed by atoms with Crippen LogP contribution < -0.4 is 9.62 Å². The van der Waals surface area contributed by atoms with Crippen LogP contribution in [0.2, 0.25) is 0 Å². The van der Waals surface area contributed by atoms with E-state index in [-0.39, 0.29) is 30.8 Å². The Balaban J connectivity index is 2.18. The van der Waals surface area contributed by atoms with Crippen molar-refractivity contribution in [3.05, 3.63) is 65.7 Å². The number of amides is 2. The monoisotopic (exact) mass is 487 g/mol. The summed E-state index contributed by atoms with van der Waals surface area (Å²) in [6.45, 7) is 8.10. The van der Waals surface area contributed by atoms with Gasteiger partial charge >= 0.3 is 0 Å². The van der Waals surface area contributed by atoms with E-state index in [2.05, 4.69) is 5.32 Å². The zero-order valence-corrected chi connectivity index (χ0v) is 21.6. The average molecular weight is 488 g/mol. The number of carbonyl (C=O) groups excluding carboxylic acids is 2. The lowest BCUT2D eigenvalue weighted by Gasteiger charge is -2.31. The van der Waals surface area contributed by atoms with Gasteiger partial charge in [-0.2, -0.15) is 0 Å². The molecule has 2 aromatic carbocycles. The maximum Gasteiger partial charge on any atom is 0.243 e. The second-order valence-electron chi connectivity index (χ2n) is 8.87. The standard InChI is InChI=1S/C26H37N3O4S/c1-6-24(26(31)27-20(2)3)28(19-22-11-8-7-9-12-22)25(30)13-10-18-29(34(5,32)33)23-16-14-21(4)15-17-23/h7-9,11-12,14-17,20,24H,6,10,13,18-19H2,1-5H3,(H,27,31)/t24-/m1/s1. The first-order valence-corrected chi connectivity index (χ1v) is 13.6. The molecule has 0 unspecified atom stereocenters. The van der Waals surface area contributed by atoms with E-state index >= 15 is 0 Å². The lowest BCUT2D eigenvalue weighted by molar-refractivity contribution is -0.141. The first kappa shape index (κ1) is 27.4. The van der Waals surface area contributed by atoms with Gasteiger partial charge in [0.15, 0.2) is 0 Å². The number of carbonyl (C=O) groups is 2. The number of rotatable bonds is 12. The molecule has 0 aliphatic rings. The molecular formula is C26H37N3O4S. The highest BCUT2D eigenvalue weighted by molar-refractivity contribution is 7.92. The van der Waals surface area contributed by atoms with Gasteiger partial charge in [-0.1, -0.05) is 55.0 Å². The Kier molecular flexibility index (Phi) is 10.1. The highest BCUT2D eigenvalue weighted by Crippen LogP contribution is 2.20. The van der Waals surface area contributed by atoms with Crippen LogP contribution in [0.25, 0.3) is 0 Å². The summed E-state index contributed by atoms with van der Waals surface area (Å²) in [6, 6.07) is 16.2. The summed E-state index contributed by atoms with van der Waals surface area (Å²) >= 11 is 0. The van der Waals surface area contributed by atoms with E-state index < -0.39 is 16.1 Å². The van der Waals surface area contributed by atoms with Crippen molar-refractivity contribution in [2.75, 3.05) is 17.1 Å². The fraction of sp³-hybridized carbons (Fsp3) is 0.462. The summed E-state index contributed by atoms with van der Waals surface area (Å²) in [5, 5.41) is 2.91. The number of hydrogen-bond donors (Lipinski definition) is 1. The molecule has 0 bridgehead atoms. The Morgan fingerprint density at radius 1 is 1.00 bits per heavy atom. The van der Waals surface area contributed by atoms with Crippen LogP contribution in [0.5, 0.6) is 0 Å². The molecule has 0 fully saturated rings. The summed E-state index contributed by atoms with van der Waals surface area (Å²) in [5.74, 6) is -0.355. The molecule has 7 nitrogen and oxygen atoms in total. The van der Waals surface area contributed by atoms with Gasteiger partial charge < -0.3 is 10.2 Å². The van der Waals surface area contributed by atoms with Crippen LogP contribution in [-0.2, 0) is 26.2 Å². The van der Waals surface area contributed by atoms with Gasteiger partial charge in [-0.15, -0.1) is 0 Å². The van der Waals surface area contributed by atoms with Crippen molar-refractivity contribution in [2.24, 2.45) is 0 Å². The Bertz CT molecular complexity index is 1040. The van der Waals surface area contributed by atoms with E-state index in [0.717, 1.165) is 11.1 Å². The molecule has 1 atom stereocenters. The van der Waals surface area contributed by atoms with Crippen LogP contribution in [0, 0.1) is 6.92 Å². The second kappa shape index (κ2) is 12.6. The number of benzene rings is 2. The van der Waals surface area contributed by atoms with Crippen molar-refractivity contribution in [1.82, 2.24) is 10.2 Å². The first-order chi connectivity index (χ1) is 16.0. The van der Waals surface area contributed by atoms with E-state index in [9.17, 15) is 18.0 Å². The molecular weight excluding hydrogens is 450 g/mol.